The van der Waals surface area contributed by atoms with Gasteiger partial charge in [0.05, 0.1) is 16.3 Å². The Bertz CT molecular complexity index is 779. The number of aryl methyl sites for hydroxylation is 2. The normalized spacial score (nSPS) is 11.4. The maximum atomic E-state index is 12.3. The van der Waals surface area contributed by atoms with Gasteiger partial charge in [-0.15, -0.1) is 0 Å². The van der Waals surface area contributed by atoms with Crippen LogP contribution in [0.25, 0.3) is 0 Å². The number of hydrogen-bond acceptors (Lipinski definition) is 4. The van der Waals surface area contributed by atoms with Crippen molar-refractivity contribution in [2.24, 2.45) is 0 Å². The lowest BCUT2D eigenvalue weighted by atomic mass is 10.2. The van der Waals surface area contributed by atoms with Crippen LogP contribution in [-0.4, -0.2) is 18.7 Å². The van der Waals surface area contributed by atoms with Crippen LogP contribution in [0.5, 0.6) is 0 Å². The van der Waals surface area contributed by atoms with Gasteiger partial charge in [-0.05, 0) is 24.6 Å². The molecule has 0 fully saturated rings. The minimum atomic E-state index is -3.51. The fourth-order valence-corrected chi connectivity index (χ4v) is 3.34. The molecule has 0 bridgehead atoms. The molecule has 106 valence electrons. The molecule has 0 aliphatic rings. The number of nitrogens with two attached hydrogens (primary N) is 1. The third-order valence-electron chi connectivity index (χ3n) is 3.12. The number of aromatic nitrogens is 1. The van der Waals surface area contributed by atoms with E-state index in [-0.39, 0.29) is 28.4 Å². The molecule has 0 unspecified atom stereocenters. The van der Waals surface area contributed by atoms with Crippen molar-refractivity contribution in [2.45, 2.75) is 18.4 Å². The Hall–Kier alpha value is -2.08. The number of pyridine rings is 1. The number of para-hydroxylation sites is 1. The number of benzene rings is 1. The maximum absolute atomic E-state index is 12.3. The molecule has 20 heavy (non-hydrogen) atoms. The summed E-state index contributed by atoms with van der Waals surface area (Å²) in [5.41, 5.74) is 6.59. The molecule has 0 aliphatic heterocycles. The van der Waals surface area contributed by atoms with Gasteiger partial charge in [-0.25, -0.2) is 8.42 Å². The Balaban J connectivity index is 2.27. The lowest BCUT2D eigenvalue weighted by molar-refractivity contribution is 0.587. The van der Waals surface area contributed by atoms with Crippen LogP contribution >= 0.6 is 0 Å². The molecule has 0 saturated heterocycles. The van der Waals surface area contributed by atoms with Crippen LogP contribution in [0.3, 0.4) is 0 Å². The average molecular weight is 292 g/mol. The van der Waals surface area contributed by atoms with E-state index in [1.54, 1.807) is 37.4 Å². The summed E-state index contributed by atoms with van der Waals surface area (Å²) < 4.78 is 26.0. The van der Waals surface area contributed by atoms with Crippen molar-refractivity contribution >= 4 is 15.5 Å². The molecule has 0 spiro atoms. The molecule has 2 N–H and O–H groups in total. The van der Waals surface area contributed by atoms with E-state index in [0.29, 0.717) is 0 Å². The molecule has 1 aromatic heterocycles. The third kappa shape index (κ3) is 2.91. The lowest BCUT2D eigenvalue weighted by Crippen LogP contribution is -2.23. The van der Waals surface area contributed by atoms with Crippen LogP contribution in [0.2, 0.25) is 0 Å². The average Bonchev–Trinajstić information content (AvgIpc) is 2.41. The van der Waals surface area contributed by atoms with Gasteiger partial charge >= 0.3 is 0 Å². The predicted molar refractivity (Wildman–Crippen MR) is 78.3 cm³/mol. The van der Waals surface area contributed by atoms with E-state index in [1.165, 1.54) is 16.7 Å². The number of nitrogens with zero attached hydrogens (tertiary/aromatic N) is 1. The van der Waals surface area contributed by atoms with Gasteiger partial charge in [0.25, 0.3) is 5.56 Å². The molecule has 1 aromatic carbocycles. The van der Waals surface area contributed by atoms with Crippen LogP contribution in [0.4, 0.5) is 5.69 Å². The van der Waals surface area contributed by atoms with Crippen LogP contribution < -0.4 is 11.3 Å². The zero-order chi connectivity index (χ0) is 14.8. The molecular weight excluding hydrogens is 276 g/mol. The Labute approximate surface area is 117 Å². The summed E-state index contributed by atoms with van der Waals surface area (Å²) in [6.07, 6.45) is 1.57. The Morgan fingerprint density at radius 1 is 1.15 bits per heavy atom. The van der Waals surface area contributed by atoms with Gasteiger partial charge in [0.15, 0.2) is 9.84 Å². The summed E-state index contributed by atoms with van der Waals surface area (Å²) in [6.45, 7) is 1.87. The van der Waals surface area contributed by atoms with Gasteiger partial charge in [0, 0.05) is 18.8 Å². The van der Waals surface area contributed by atoms with Crippen LogP contribution in [-0.2, 0) is 16.4 Å². The van der Waals surface area contributed by atoms with Crippen molar-refractivity contribution in [1.29, 1.82) is 0 Å². The minimum absolute atomic E-state index is 0.107. The summed E-state index contributed by atoms with van der Waals surface area (Å²) in [6, 6.07) is 9.61. The largest absolute Gasteiger partial charge is 0.397 e. The molecule has 0 atom stereocenters. The first-order chi connectivity index (χ1) is 9.42. The monoisotopic (exact) mass is 292 g/mol. The van der Waals surface area contributed by atoms with E-state index in [4.69, 9.17) is 5.73 Å². The zero-order valence-electron chi connectivity index (χ0n) is 11.1. The summed E-state index contributed by atoms with van der Waals surface area (Å²) in [5.74, 6) is -0.162. The fraction of sp³-hybridized carbons (Fsp3) is 0.214. The molecule has 5 nitrogen and oxygen atoms in total. The van der Waals surface area contributed by atoms with E-state index >= 15 is 0 Å². The highest BCUT2D eigenvalue weighted by atomic mass is 32.2. The number of hydrogen-bond donors (Lipinski definition) is 1. The predicted octanol–water partition coefficient (Wildman–Crippen LogP) is 1.21. The highest BCUT2D eigenvalue weighted by Gasteiger charge is 2.18. The highest BCUT2D eigenvalue weighted by molar-refractivity contribution is 7.91. The number of rotatable bonds is 4. The van der Waals surface area contributed by atoms with E-state index in [0.717, 1.165) is 5.56 Å². The molecule has 0 aliphatic carbocycles. The number of anilines is 1. The zero-order valence-corrected chi connectivity index (χ0v) is 11.9. The van der Waals surface area contributed by atoms with E-state index in [2.05, 4.69) is 0 Å². The molecule has 0 amide bonds. The SMILES string of the molecule is Cc1cccc(S(=O)(=O)CCn2ccccc2=O)c1N. The third-order valence-corrected chi connectivity index (χ3v) is 4.87. The van der Waals surface area contributed by atoms with Gasteiger partial charge in [-0.1, -0.05) is 18.2 Å². The van der Waals surface area contributed by atoms with Gasteiger partial charge < -0.3 is 10.3 Å². The van der Waals surface area contributed by atoms with Gasteiger partial charge in [-0.2, -0.15) is 0 Å². The molecule has 2 aromatic rings. The second-order valence-corrected chi connectivity index (χ2v) is 6.62. The smallest absolute Gasteiger partial charge is 0.250 e. The van der Waals surface area contributed by atoms with E-state index < -0.39 is 9.84 Å². The summed E-state index contributed by atoms with van der Waals surface area (Å²) >= 11 is 0. The van der Waals surface area contributed by atoms with Gasteiger partial charge in [0.2, 0.25) is 0 Å². The van der Waals surface area contributed by atoms with Crippen LogP contribution in [0.15, 0.2) is 52.3 Å². The first-order valence-corrected chi connectivity index (χ1v) is 7.80. The number of sulfone groups is 1. The standard InChI is InChI=1S/C14H16N2O3S/c1-11-5-4-6-12(14(11)15)20(18,19)10-9-16-8-3-2-7-13(16)17/h2-8H,9-10,15H2,1H3. The molecule has 0 radical (unpaired) electrons. The summed E-state index contributed by atoms with van der Waals surface area (Å²) in [7, 11) is -3.51. The highest BCUT2D eigenvalue weighted by Crippen LogP contribution is 2.22. The minimum Gasteiger partial charge on any atom is -0.397 e. The van der Waals surface area contributed by atoms with Gasteiger partial charge in [0.1, 0.15) is 0 Å². The van der Waals surface area contributed by atoms with Crippen LogP contribution in [0.1, 0.15) is 5.56 Å². The second kappa shape index (κ2) is 5.50. The molecule has 1 heterocycles. The first kappa shape index (κ1) is 14.3. The van der Waals surface area contributed by atoms with Crippen molar-refractivity contribution in [2.75, 3.05) is 11.5 Å². The summed E-state index contributed by atoms with van der Waals surface area (Å²) in [5, 5.41) is 0. The fourth-order valence-electron chi connectivity index (χ4n) is 1.90. The Morgan fingerprint density at radius 3 is 2.60 bits per heavy atom. The van der Waals surface area contributed by atoms with E-state index in [9.17, 15) is 13.2 Å². The Kier molecular flexibility index (Phi) is 3.94. The summed E-state index contributed by atoms with van der Waals surface area (Å²) in [4.78, 5) is 11.7. The molecule has 2 rings (SSSR count). The first-order valence-electron chi connectivity index (χ1n) is 6.15. The van der Waals surface area contributed by atoms with Crippen molar-refractivity contribution in [3.63, 3.8) is 0 Å². The van der Waals surface area contributed by atoms with E-state index in [1.807, 2.05) is 0 Å². The topological polar surface area (TPSA) is 82.2 Å². The van der Waals surface area contributed by atoms with Crippen molar-refractivity contribution in [3.8, 4) is 0 Å². The number of nitrogen functional groups attached to an aromatic ring is 1. The van der Waals surface area contributed by atoms with Crippen molar-refractivity contribution in [3.05, 3.63) is 58.5 Å². The lowest BCUT2D eigenvalue weighted by Gasteiger charge is -2.10. The van der Waals surface area contributed by atoms with Crippen molar-refractivity contribution in [1.82, 2.24) is 4.57 Å². The van der Waals surface area contributed by atoms with Crippen molar-refractivity contribution < 1.29 is 8.42 Å². The quantitative estimate of drug-likeness (QED) is 0.859. The maximum Gasteiger partial charge on any atom is 0.250 e. The Morgan fingerprint density at radius 2 is 1.90 bits per heavy atom. The van der Waals surface area contributed by atoms with Gasteiger partial charge in [-0.3, -0.25) is 4.79 Å². The second-order valence-electron chi connectivity index (χ2n) is 4.54. The molecular formula is C14H16N2O3S. The molecule has 0 saturated carbocycles. The van der Waals surface area contributed by atoms with Crippen LogP contribution in [0, 0.1) is 6.92 Å². The molecule has 6 heteroatoms.